The number of aromatic nitrogens is 2. The van der Waals surface area contributed by atoms with Gasteiger partial charge in [0.2, 0.25) is 0 Å². The van der Waals surface area contributed by atoms with Crippen molar-refractivity contribution in [1.29, 1.82) is 0 Å². The molecule has 2 aromatic heterocycles. The molecule has 1 fully saturated rings. The molecule has 0 saturated heterocycles. The van der Waals surface area contributed by atoms with Crippen molar-refractivity contribution in [3.8, 4) is 0 Å². The summed E-state index contributed by atoms with van der Waals surface area (Å²) in [6.07, 6.45) is 4.02. The molecular weight excluding hydrogens is 196 g/mol. The highest BCUT2D eigenvalue weighted by Gasteiger charge is 2.25. The monoisotopic (exact) mass is 203 g/mol. The first-order chi connectivity index (χ1) is 6.83. The summed E-state index contributed by atoms with van der Waals surface area (Å²) in [7, 11) is 0. The Morgan fingerprint density at radius 1 is 1.14 bits per heavy atom. The molecule has 1 radical (unpaired) electrons. The standard InChI is InChI=1S/C11H8ClN2/c12-8-5-11-10(13-6-8)4-3-9(14-11)7-1-2-7/h3-6H,1-2H2. The molecule has 2 aromatic rings. The van der Waals surface area contributed by atoms with Gasteiger partial charge >= 0.3 is 0 Å². The lowest BCUT2D eigenvalue weighted by Crippen LogP contribution is -1.89. The van der Waals surface area contributed by atoms with E-state index in [-0.39, 0.29) is 0 Å². The van der Waals surface area contributed by atoms with Crippen LogP contribution in [-0.4, -0.2) is 9.97 Å². The molecule has 1 saturated carbocycles. The van der Waals surface area contributed by atoms with Gasteiger partial charge in [0.1, 0.15) is 0 Å². The van der Waals surface area contributed by atoms with Gasteiger partial charge in [-0.1, -0.05) is 11.6 Å². The average Bonchev–Trinajstić information content (AvgIpc) is 3.00. The highest BCUT2D eigenvalue weighted by molar-refractivity contribution is 6.31. The molecule has 14 heavy (non-hydrogen) atoms. The van der Waals surface area contributed by atoms with Gasteiger partial charge in [0.05, 0.1) is 16.1 Å². The second kappa shape index (κ2) is 2.92. The first-order valence-corrected chi connectivity index (χ1v) is 4.98. The lowest BCUT2D eigenvalue weighted by Gasteiger charge is -2.00. The predicted octanol–water partition coefficient (Wildman–Crippen LogP) is 3.00. The third-order valence-electron chi connectivity index (χ3n) is 2.37. The maximum atomic E-state index is 5.86. The summed E-state index contributed by atoms with van der Waals surface area (Å²) in [4.78, 5) is 8.71. The van der Waals surface area contributed by atoms with Crippen molar-refractivity contribution < 1.29 is 0 Å². The predicted molar refractivity (Wildman–Crippen MR) is 56.1 cm³/mol. The third-order valence-corrected chi connectivity index (χ3v) is 2.57. The van der Waals surface area contributed by atoms with Gasteiger partial charge in [-0.3, -0.25) is 9.97 Å². The fraction of sp³-hybridized carbons (Fsp3) is 0.182. The van der Waals surface area contributed by atoms with Gasteiger partial charge in [-0.25, -0.2) is 0 Å². The van der Waals surface area contributed by atoms with Gasteiger partial charge in [0.25, 0.3) is 0 Å². The summed E-state index contributed by atoms with van der Waals surface area (Å²) in [5.41, 5.74) is 2.88. The minimum Gasteiger partial charge on any atom is -0.253 e. The number of pyridine rings is 2. The summed E-state index contributed by atoms with van der Waals surface area (Å²) in [5.74, 6) is 1.44. The molecule has 3 rings (SSSR count). The number of nitrogens with zero attached hydrogens (tertiary/aromatic N) is 2. The maximum absolute atomic E-state index is 5.86. The number of hydrogen-bond acceptors (Lipinski definition) is 2. The Kier molecular flexibility index (Phi) is 1.71. The van der Waals surface area contributed by atoms with Crippen LogP contribution >= 0.6 is 11.6 Å². The smallest absolute Gasteiger partial charge is 0.0905 e. The van der Waals surface area contributed by atoms with E-state index in [1.165, 1.54) is 18.8 Å². The van der Waals surface area contributed by atoms with Crippen LogP contribution in [0.25, 0.3) is 11.0 Å². The molecule has 0 N–H and O–H groups in total. The van der Waals surface area contributed by atoms with Gasteiger partial charge in [-0.05, 0) is 31.0 Å². The van der Waals surface area contributed by atoms with Crippen LogP contribution in [0.3, 0.4) is 0 Å². The molecule has 2 nitrogen and oxygen atoms in total. The van der Waals surface area contributed by atoms with Crippen LogP contribution in [0.2, 0.25) is 5.02 Å². The number of hydrogen-bond donors (Lipinski definition) is 0. The van der Waals surface area contributed by atoms with Gasteiger partial charge in [-0.15, -0.1) is 0 Å². The Bertz CT molecular complexity index is 492. The van der Waals surface area contributed by atoms with E-state index in [2.05, 4.69) is 9.97 Å². The van der Waals surface area contributed by atoms with Crippen LogP contribution in [0.5, 0.6) is 0 Å². The Hall–Kier alpha value is -1.15. The normalized spacial score (nSPS) is 16.1. The van der Waals surface area contributed by atoms with Crippen molar-refractivity contribution in [2.24, 2.45) is 0 Å². The summed E-state index contributed by atoms with van der Waals surface area (Å²) >= 11 is 5.86. The first-order valence-electron chi connectivity index (χ1n) is 4.60. The Labute approximate surface area is 86.9 Å². The van der Waals surface area contributed by atoms with Crippen molar-refractivity contribution in [3.05, 3.63) is 41.0 Å². The van der Waals surface area contributed by atoms with E-state index < -0.39 is 0 Å². The second-order valence-electron chi connectivity index (χ2n) is 3.49. The summed E-state index contributed by atoms with van der Waals surface area (Å²) < 4.78 is 0. The summed E-state index contributed by atoms with van der Waals surface area (Å²) in [6.45, 7) is 0. The largest absolute Gasteiger partial charge is 0.253 e. The van der Waals surface area contributed by atoms with Crippen LogP contribution in [0.4, 0.5) is 0 Å². The lowest BCUT2D eigenvalue weighted by molar-refractivity contribution is 1.22. The zero-order chi connectivity index (χ0) is 9.54. The van der Waals surface area contributed by atoms with E-state index in [1.54, 1.807) is 6.20 Å². The van der Waals surface area contributed by atoms with Crippen LogP contribution in [-0.2, 0) is 0 Å². The molecule has 0 atom stereocenters. The third kappa shape index (κ3) is 1.36. The SMILES string of the molecule is Clc1cnc2ccc([C]3CC3)nc2c1. The highest BCUT2D eigenvalue weighted by atomic mass is 35.5. The van der Waals surface area contributed by atoms with Crippen molar-refractivity contribution in [3.63, 3.8) is 0 Å². The Balaban J connectivity index is 2.20. The molecule has 0 bridgehead atoms. The lowest BCUT2D eigenvalue weighted by atomic mass is 10.2. The molecule has 0 aliphatic heterocycles. The van der Waals surface area contributed by atoms with Gasteiger partial charge < -0.3 is 0 Å². The Morgan fingerprint density at radius 3 is 2.79 bits per heavy atom. The molecule has 0 unspecified atom stereocenters. The van der Waals surface area contributed by atoms with Gasteiger partial charge in [0.15, 0.2) is 0 Å². The topological polar surface area (TPSA) is 25.8 Å². The van der Waals surface area contributed by atoms with Crippen LogP contribution in [0, 0.1) is 5.92 Å². The van der Waals surface area contributed by atoms with Crippen molar-refractivity contribution in [2.45, 2.75) is 12.8 Å². The van der Waals surface area contributed by atoms with Crippen LogP contribution in [0.1, 0.15) is 18.5 Å². The van der Waals surface area contributed by atoms with Gasteiger partial charge in [0, 0.05) is 17.8 Å². The molecular formula is C11H8ClN2. The highest BCUT2D eigenvalue weighted by Crippen LogP contribution is 2.38. The average molecular weight is 204 g/mol. The van der Waals surface area contributed by atoms with E-state index in [1.807, 2.05) is 18.2 Å². The summed E-state index contributed by atoms with van der Waals surface area (Å²) in [5, 5.41) is 0.642. The summed E-state index contributed by atoms with van der Waals surface area (Å²) in [6, 6.07) is 5.89. The van der Waals surface area contributed by atoms with Crippen molar-refractivity contribution in [1.82, 2.24) is 9.97 Å². The molecule has 1 aliphatic carbocycles. The van der Waals surface area contributed by atoms with E-state index >= 15 is 0 Å². The Morgan fingerprint density at radius 2 is 2.00 bits per heavy atom. The molecule has 1 aliphatic rings. The number of fused-ring (bicyclic) bond motifs is 1. The molecule has 0 spiro atoms. The molecule has 69 valence electrons. The van der Waals surface area contributed by atoms with E-state index in [9.17, 15) is 0 Å². The van der Waals surface area contributed by atoms with Crippen LogP contribution < -0.4 is 0 Å². The first kappa shape index (κ1) is 8.18. The number of rotatable bonds is 1. The van der Waals surface area contributed by atoms with Crippen molar-refractivity contribution >= 4 is 22.6 Å². The molecule has 0 aromatic carbocycles. The van der Waals surface area contributed by atoms with E-state index in [0.717, 1.165) is 16.7 Å². The van der Waals surface area contributed by atoms with Crippen molar-refractivity contribution in [2.75, 3.05) is 0 Å². The zero-order valence-electron chi connectivity index (χ0n) is 7.50. The van der Waals surface area contributed by atoms with Crippen LogP contribution in [0.15, 0.2) is 24.4 Å². The zero-order valence-corrected chi connectivity index (χ0v) is 8.25. The minimum absolute atomic E-state index is 0.642. The fourth-order valence-corrected chi connectivity index (χ4v) is 1.65. The second-order valence-corrected chi connectivity index (χ2v) is 3.93. The van der Waals surface area contributed by atoms with Gasteiger partial charge in [-0.2, -0.15) is 0 Å². The quantitative estimate of drug-likeness (QED) is 0.712. The maximum Gasteiger partial charge on any atom is 0.0905 e. The number of halogens is 1. The molecule has 0 amide bonds. The molecule has 3 heteroatoms. The van der Waals surface area contributed by atoms with E-state index in [0.29, 0.717) is 5.02 Å². The fourth-order valence-electron chi connectivity index (χ4n) is 1.50. The minimum atomic E-state index is 0.642. The molecule has 2 heterocycles. The van der Waals surface area contributed by atoms with E-state index in [4.69, 9.17) is 11.6 Å².